The zero-order chi connectivity index (χ0) is 16.4. The quantitative estimate of drug-likeness (QED) is 0.609. The molecule has 3 heterocycles. The molecule has 0 bridgehead atoms. The summed E-state index contributed by atoms with van der Waals surface area (Å²) in [5, 5.41) is -0.0390. The molecule has 4 nitrogen and oxygen atoms in total. The maximum atomic E-state index is 13.5. The number of nitrogens with zero attached hydrogens (tertiary/aromatic N) is 4. The van der Waals surface area contributed by atoms with Gasteiger partial charge in [-0.2, -0.15) is 17.6 Å². The summed E-state index contributed by atoms with van der Waals surface area (Å²) in [5.74, 6) is -8.12. The molecule has 0 aromatic carbocycles. The molecule has 23 heavy (non-hydrogen) atoms. The highest BCUT2D eigenvalue weighted by atomic mass is 35.5. The monoisotopic (exact) mass is 348 g/mol. The van der Waals surface area contributed by atoms with Gasteiger partial charge in [0.05, 0.1) is 30.5 Å². The van der Waals surface area contributed by atoms with Gasteiger partial charge >= 0.3 is 11.8 Å². The average molecular weight is 349 g/mol. The average Bonchev–Trinajstić information content (AvgIpc) is 2.83. The summed E-state index contributed by atoms with van der Waals surface area (Å²) in [6, 6.07) is 0.222. The van der Waals surface area contributed by atoms with E-state index in [4.69, 9.17) is 11.6 Å². The smallest absolute Gasteiger partial charge is 0.329 e. The predicted octanol–water partition coefficient (Wildman–Crippen LogP) is 3.90. The van der Waals surface area contributed by atoms with Crippen LogP contribution >= 0.6 is 11.6 Å². The van der Waals surface area contributed by atoms with Crippen molar-refractivity contribution in [1.29, 1.82) is 0 Å². The first-order valence-electron chi connectivity index (χ1n) is 7.32. The fourth-order valence-electron chi connectivity index (χ4n) is 3.13. The van der Waals surface area contributed by atoms with Crippen molar-refractivity contribution in [2.45, 2.75) is 37.1 Å². The van der Waals surface area contributed by atoms with Gasteiger partial charge in [0, 0.05) is 12.2 Å². The number of hydrogen-bond donors (Lipinski definition) is 0. The molecule has 2 aromatic rings. The molecule has 9 heteroatoms. The second kappa shape index (κ2) is 4.72. The molecular formula is C14H13ClF4N4. The number of fused-ring (bicyclic) bond motifs is 1. The lowest BCUT2D eigenvalue weighted by Crippen LogP contribution is -2.38. The van der Waals surface area contributed by atoms with Crippen LogP contribution in [0.4, 0.5) is 23.2 Å². The molecule has 2 aromatic heterocycles. The Balaban J connectivity index is 1.82. The van der Waals surface area contributed by atoms with Crippen molar-refractivity contribution < 1.29 is 17.6 Å². The van der Waals surface area contributed by atoms with E-state index in [0.717, 1.165) is 24.2 Å². The van der Waals surface area contributed by atoms with Gasteiger partial charge in [-0.05, 0) is 30.9 Å². The third-order valence-corrected chi connectivity index (χ3v) is 4.83. The van der Waals surface area contributed by atoms with Crippen molar-refractivity contribution >= 4 is 28.3 Å². The summed E-state index contributed by atoms with van der Waals surface area (Å²) in [6.07, 6.45) is 6.13. The lowest BCUT2D eigenvalue weighted by molar-refractivity contribution is -0.172. The molecule has 1 aliphatic heterocycles. The molecule has 1 aliphatic carbocycles. The van der Waals surface area contributed by atoms with E-state index in [2.05, 4.69) is 9.97 Å². The van der Waals surface area contributed by atoms with E-state index in [9.17, 15) is 17.6 Å². The molecule has 4 rings (SSSR count). The Morgan fingerprint density at radius 2 is 1.78 bits per heavy atom. The van der Waals surface area contributed by atoms with E-state index in [1.165, 1.54) is 6.20 Å². The highest BCUT2D eigenvalue weighted by molar-refractivity contribution is 6.28. The third kappa shape index (κ3) is 2.18. The van der Waals surface area contributed by atoms with Crippen LogP contribution < -0.4 is 4.90 Å². The van der Waals surface area contributed by atoms with Crippen LogP contribution in [-0.2, 0) is 0 Å². The van der Waals surface area contributed by atoms with Crippen molar-refractivity contribution in [2.24, 2.45) is 0 Å². The van der Waals surface area contributed by atoms with Crippen LogP contribution in [-0.4, -0.2) is 39.5 Å². The summed E-state index contributed by atoms with van der Waals surface area (Å²) in [7, 11) is 0. The minimum absolute atomic E-state index is 0.0390. The van der Waals surface area contributed by atoms with E-state index < -0.39 is 24.9 Å². The molecule has 0 spiro atoms. The molecule has 2 aliphatic rings. The molecule has 1 saturated carbocycles. The number of halogens is 5. The van der Waals surface area contributed by atoms with Crippen molar-refractivity contribution in [2.75, 3.05) is 18.0 Å². The van der Waals surface area contributed by atoms with E-state index in [1.807, 2.05) is 4.57 Å². The Kier molecular flexibility index (Phi) is 3.07. The lowest BCUT2D eigenvalue weighted by Gasteiger charge is -2.27. The van der Waals surface area contributed by atoms with Gasteiger partial charge in [0.1, 0.15) is 5.52 Å². The van der Waals surface area contributed by atoms with Gasteiger partial charge < -0.3 is 9.47 Å². The Bertz CT molecular complexity index is 755. The van der Waals surface area contributed by atoms with Crippen LogP contribution in [0.1, 0.15) is 25.3 Å². The lowest BCUT2D eigenvalue weighted by atomic mass is 9.93. The minimum atomic E-state index is -4.06. The highest BCUT2D eigenvalue weighted by Crippen LogP contribution is 2.45. The summed E-state index contributed by atoms with van der Waals surface area (Å²) in [6.45, 7) is -2.07. The van der Waals surface area contributed by atoms with Gasteiger partial charge in [0.2, 0.25) is 5.28 Å². The number of anilines is 1. The van der Waals surface area contributed by atoms with Crippen LogP contribution in [0.15, 0.2) is 12.4 Å². The van der Waals surface area contributed by atoms with Crippen molar-refractivity contribution in [1.82, 2.24) is 14.5 Å². The first-order valence-corrected chi connectivity index (χ1v) is 7.70. The molecule has 2 fully saturated rings. The second-order valence-electron chi connectivity index (χ2n) is 6.14. The number of hydrogen-bond acceptors (Lipinski definition) is 3. The molecule has 0 atom stereocenters. The van der Waals surface area contributed by atoms with Crippen LogP contribution in [0.25, 0.3) is 11.0 Å². The molecule has 0 amide bonds. The van der Waals surface area contributed by atoms with Gasteiger partial charge in [0.15, 0.2) is 0 Å². The van der Waals surface area contributed by atoms with Crippen molar-refractivity contribution in [3.8, 4) is 0 Å². The summed E-state index contributed by atoms with van der Waals surface area (Å²) >= 11 is 5.80. The van der Waals surface area contributed by atoms with Gasteiger partial charge in [-0.15, -0.1) is 0 Å². The van der Waals surface area contributed by atoms with Crippen molar-refractivity contribution in [3.63, 3.8) is 0 Å². The van der Waals surface area contributed by atoms with E-state index in [-0.39, 0.29) is 17.0 Å². The second-order valence-corrected chi connectivity index (χ2v) is 6.48. The number of rotatable bonds is 2. The molecular weight excluding hydrogens is 336 g/mol. The zero-order valence-corrected chi connectivity index (χ0v) is 12.7. The van der Waals surface area contributed by atoms with Crippen LogP contribution in [0.3, 0.4) is 0 Å². The van der Waals surface area contributed by atoms with Crippen LogP contribution in [0, 0.1) is 0 Å². The third-order valence-electron chi connectivity index (χ3n) is 4.64. The Labute approximate surface area is 134 Å². The SMILES string of the molecule is FC1(F)CN(c2cn(C3CCC3)c3cnc(Cl)nc23)CC1(F)F. The van der Waals surface area contributed by atoms with E-state index in [1.54, 1.807) is 6.20 Å². The van der Waals surface area contributed by atoms with Crippen LogP contribution in [0.5, 0.6) is 0 Å². The van der Waals surface area contributed by atoms with E-state index in [0.29, 0.717) is 11.0 Å². The standard InChI is InChI=1S/C14H13ClF4N4/c15-12-20-4-9-11(21-12)10(5-23(9)8-2-1-3-8)22-6-13(16,17)14(18,19)7-22/h4-5,8H,1-3,6-7H2. The van der Waals surface area contributed by atoms with Gasteiger partial charge in [-0.3, -0.25) is 0 Å². The topological polar surface area (TPSA) is 34.0 Å². The molecule has 0 radical (unpaired) electrons. The van der Waals surface area contributed by atoms with Crippen molar-refractivity contribution in [3.05, 3.63) is 17.7 Å². The number of alkyl halides is 4. The predicted molar refractivity (Wildman–Crippen MR) is 77.5 cm³/mol. The summed E-state index contributed by atoms with van der Waals surface area (Å²) in [5.41, 5.74) is 1.23. The fourth-order valence-corrected chi connectivity index (χ4v) is 3.26. The summed E-state index contributed by atoms with van der Waals surface area (Å²) < 4.78 is 56.0. The van der Waals surface area contributed by atoms with E-state index >= 15 is 0 Å². The first kappa shape index (κ1) is 15.0. The van der Waals surface area contributed by atoms with Gasteiger partial charge in [0.25, 0.3) is 0 Å². The highest BCUT2D eigenvalue weighted by Gasteiger charge is 2.63. The molecule has 1 saturated heterocycles. The first-order chi connectivity index (χ1) is 10.8. The molecule has 0 N–H and O–H groups in total. The fraction of sp³-hybridized carbons (Fsp3) is 0.571. The zero-order valence-electron chi connectivity index (χ0n) is 11.9. The molecule has 124 valence electrons. The maximum absolute atomic E-state index is 13.5. The summed E-state index contributed by atoms with van der Waals surface area (Å²) in [4.78, 5) is 8.99. The van der Waals surface area contributed by atoms with Crippen LogP contribution in [0.2, 0.25) is 5.28 Å². The Morgan fingerprint density at radius 1 is 1.13 bits per heavy atom. The van der Waals surface area contributed by atoms with Gasteiger partial charge in [-0.1, -0.05) is 0 Å². The largest absolute Gasteiger partial charge is 0.356 e. The number of aromatic nitrogens is 3. The normalized spacial score (nSPS) is 23.4. The molecule has 0 unspecified atom stereocenters. The Hall–Kier alpha value is -1.57. The van der Waals surface area contributed by atoms with Gasteiger partial charge in [-0.25, -0.2) is 9.97 Å². The minimum Gasteiger partial charge on any atom is -0.356 e. The maximum Gasteiger partial charge on any atom is 0.329 e. The Morgan fingerprint density at radius 3 is 2.35 bits per heavy atom.